The SMILES string of the molecule is COc1ccccc1C(C)NC(=O)Cn1nc(C)c([N+](=O)[O-])c1C. The maximum Gasteiger partial charge on any atom is 0.312 e. The molecule has 1 N–H and O–H groups in total. The van der Waals surface area contributed by atoms with Gasteiger partial charge in [0.05, 0.1) is 18.1 Å². The molecule has 24 heavy (non-hydrogen) atoms. The first-order valence-electron chi connectivity index (χ1n) is 7.45. The molecular formula is C16H20N4O4. The molecule has 1 atom stereocenters. The molecule has 8 nitrogen and oxygen atoms in total. The Labute approximate surface area is 139 Å². The minimum absolute atomic E-state index is 0.0550. The predicted octanol–water partition coefficient (Wildman–Crippen LogP) is 2.29. The van der Waals surface area contributed by atoms with E-state index in [0.29, 0.717) is 17.1 Å². The number of hydrogen-bond acceptors (Lipinski definition) is 5. The highest BCUT2D eigenvalue weighted by Crippen LogP contribution is 2.25. The van der Waals surface area contributed by atoms with Crippen molar-refractivity contribution in [1.82, 2.24) is 15.1 Å². The van der Waals surface area contributed by atoms with Gasteiger partial charge in [-0.1, -0.05) is 18.2 Å². The first-order chi connectivity index (χ1) is 11.3. The number of hydrogen-bond donors (Lipinski definition) is 1. The van der Waals surface area contributed by atoms with Crippen LogP contribution in [0.4, 0.5) is 5.69 Å². The molecule has 0 saturated heterocycles. The Hall–Kier alpha value is -2.90. The molecule has 0 aliphatic carbocycles. The van der Waals surface area contributed by atoms with Gasteiger partial charge in [0.2, 0.25) is 5.91 Å². The number of nitro groups is 1. The third kappa shape index (κ3) is 3.53. The average Bonchev–Trinajstić information content (AvgIpc) is 2.80. The van der Waals surface area contributed by atoms with Gasteiger partial charge in [-0.15, -0.1) is 0 Å². The van der Waals surface area contributed by atoms with E-state index in [1.54, 1.807) is 21.0 Å². The maximum atomic E-state index is 12.3. The van der Waals surface area contributed by atoms with Gasteiger partial charge in [0.25, 0.3) is 0 Å². The normalized spacial score (nSPS) is 11.8. The standard InChI is InChI=1S/C16H20N4O4/c1-10(13-7-5-6-8-14(13)24-4)17-15(21)9-19-12(3)16(20(22)23)11(2)18-19/h5-8,10H,9H2,1-4H3,(H,17,21). The van der Waals surface area contributed by atoms with Gasteiger partial charge in [0.1, 0.15) is 23.7 Å². The molecule has 0 aliphatic rings. The number of benzene rings is 1. The molecule has 2 rings (SSSR count). The Bertz CT molecular complexity index is 769. The summed E-state index contributed by atoms with van der Waals surface area (Å²) < 4.78 is 6.63. The number of ether oxygens (including phenoxy) is 1. The van der Waals surface area contributed by atoms with E-state index in [1.807, 2.05) is 31.2 Å². The molecule has 1 heterocycles. The van der Waals surface area contributed by atoms with Gasteiger partial charge < -0.3 is 10.1 Å². The highest BCUT2D eigenvalue weighted by molar-refractivity contribution is 5.76. The smallest absolute Gasteiger partial charge is 0.312 e. The van der Waals surface area contributed by atoms with Crippen molar-refractivity contribution in [2.45, 2.75) is 33.4 Å². The van der Waals surface area contributed by atoms with Crippen molar-refractivity contribution in [3.05, 3.63) is 51.3 Å². The van der Waals surface area contributed by atoms with Crippen LogP contribution >= 0.6 is 0 Å². The summed E-state index contributed by atoms with van der Waals surface area (Å²) in [4.78, 5) is 22.8. The summed E-state index contributed by atoms with van der Waals surface area (Å²) in [5, 5.41) is 17.9. The Kier molecular flexibility index (Phi) is 5.18. The summed E-state index contributed by atoms with van der Waals surface area (Å²) in [5.74, 6) is 0.404. The molecule has 1 aromatic heterocycles. The van der Waals surface area contributed by atoms with Crippen molar-refractivity contribution >= 4 is 11.6 Å². The highest BCUT2D eigenvalue weighted by Gasteiger charge is 2.23. The summed E-state index contributed by atoms with van der Waals surface area (Å²) in [6, 6.07) is 7.15. The molecular weight excluding hydrogens is 312 g/mol. The molecule has 0 radical (unpaired) electrons. The molecule has 1 unspecified atom stereocenters. The Morgan fingerprint density at radius 1 is 1.42 bits per heavy atom. The second-order valence-electron chi connectivity index (χ2n) is 5.47. The van der Waals surface area contributed by atoms with Gasteiger partial charge in [0, 0.05) is 5.56 Å². The van der Waals surface area contributed by atoms with Crippen molar-refractivity contribution in [2.75, 3.05) is 7.11 Å². The van der Waals surface area contributed by atoms with Crippen LogP contribution in [0.25, 0.3) is 0 Å². The summed E-state index contributed by atoms with van der Waals surface area (Å²) in [7, 11) is 1.57. The predicted molar refractivity (Wildman–Crippen MR) is 87.9 cm³/mol. The fourth-order valence-electron chi connectivity index (χ4n) is 2.63. The minimum atomic E-state index is -0.483. The van der Waals surface area contributed by atoms with Gasteiger partial charge in [-0.05, 0) is 26.8 Å². The van der Waals surface area contributed by atoms with Crippen LogP contribution in [0.2, 0.25) is 0 Å². The third-order valence-corrected chi connectivity index (χ3v) is 3.80. The number of amides is 1. The number of aromatic nitrogens is 2. The van der Waals surface area contributed by atoms with Crippen molar-refractivity contribution < 1.29 is 14.5 Å². The summed E-state index contributed by atoms with van der Waals surface area (Å²) in [6.45, 7) is 4.89. The number of nitrogens with zero attached hydrogens (tertiary/aromatic N) is 3. The monoisotopic (exact) mass is 332 g/mol. The van der Waals surface area contributed by atoms with E-state index in [-0.39, 0.29) is 24.2 Å². The summed E-state index contributed by atoms with van der Waals surface area (Å²) in [5.41, 5.74) is 1.45. The lowest BCUT2D eigenvalue weighted by molar-refractivity contribution is -0.386. The molecule has 8 heteroatoms. The quantitative estimate of drug-likeness (QED) is 0.646. The fraction of sp³-hybridized carbons (Fsp3) is 0.375. The number of aryl methyl sites for hydroxylation is 1. The average molecular weight is 332 g/mol. The van der Waals surface area contributed by atoms with Crippen LogP contribution < -0.4 is 10.1 Å². The molecule has 0 bridgehead atoms. The lowest BCUT2D eigenvalue weighted by atomic mass is 10.1. The van der Waals surface area contributed by atoms with E-state index in [1.165, 1.54) is 4.68 Å². The zero-order valence-electron chi connectivity index (χ0n) is 14.1. The Balaban J connectivity index is 2.11. The van der Waals surface area contributed by atoms with Crippen LogP contribution in [0.3, 0.4) is 0 Å². The van der Waals surface area contributed by atoms with Crippen LogP contribution in [0.1, 0.15) is 29.9 Å². The third-order valence-electron chi connectivity index (χ3n) is 3.80. The molecule has 0 aliphatic heterocycles. The van der Waals surface area contributed by atoms with Crippen molar-refractivity contribution in [3.8, 4) is 5.75 Å². The van der Waals surface area contributed by atoms with Crippen LogP contribution in [-0.4, -0.2) is 27.7 Å². The van der Waals surface area contributed by atoms with Gasteiger partial charge in [-0.2, -0.15) is 5.10 Å². The molecule has 128 valence electrons. The zero-order valence-corrected chi connectivity index (χ0v) is 14.1. The number of methoxy groups -OCH3 is 1. The van der Waals surface area contributed by atoms with Crippen LogP contribution in [0, 0.1) is 24.0 Å². The number of carbonyl (C=O) groups excluding carboxylic acids is 1. The first-order valence-corrected chi connectivity index (χ1v) is 7.45. The van der Waals surface area contributed by atoms with E-state index in [9.17, 15) is 14.9 Å². The van der Waals surface area contributed by atoms with Crippen molar-refractivity contribution in [3.63, 3.8) is 0 Å². The second-order valence-corrected chi connectivity index (χ2v) is 5.47. The lowest BCUT2D eigenvalue weighted by Crippen LogP contribution is -2.31. The largest absolute Gasteiger partial charge is 0.496 e. The van der Waals surface area contributed by atoms with Crippen molar-refractivity contribution in [1.29, 1.82) is 0 Å². The molecule has 1 aromatic carbocycles. The Morgan fingerprint density at radius 2 is 2.08 bits per heavy atom. The number of nitrogens with one attached hydrogen (secondary N) is 1. The van der Waals surface area contributed by atoms with Gasteiger partial charge >= 0.3 is 5.69 Å². The van der Waals surface area contributed by atoms with Crippen LogP contribution in [0.5, 0.6) is 5.75 Å². The van der Waals surface area contributed by atoms with E-state index >= 15 is 0 Å². The zero-order chi connectivity index (χ0) is 17.9. The molecule has 0 fully saturated rings. The van der Waals surface area contributed by atoms with Crippen molar-refractivity contribution in [2.24, 2.45) is 0 Å². The van der Waals surface area contributed by atoms with E-state index in [4.69, 9.17) is 4.74 Å². The first kappa shape index (κ1) is 17.5. The topological polar surface area (TPSA) is 99.3 Å². The van der Waals surface area contributed by atoms with Gasteiger partial charge in [0.15, 0.2) is 0 Å². The Morgan fingerprint density at radius 3 is 2.67 bits per heavy atom. The molecule has 2 aromatic rings. The number of rotatable bonds is 6. The van der Waals surface area contributed by atoms with Crippen LogP contribution in [0.15, 0.2) is 24.3 Å². The minimum Gasteiger partial charge on any atom is -0.496 e. The van der Waals surface area contributed by atoms with E-state index in [2.05, 4.69) is 10.4 Å². The van der Waals surface area contributed by atoms with E-state index in [0.717, 1.165) is 5.56 Å². The number of para-hydroxylation sites is 1. The van der Waals surface area contributed by atoms with Crippen LogP contribution in [-0.2, 0) is 11.3 Å². The molecule has 0 saturated carbocycles. The second kappa shape index (κ2) is 7.12. The highest BCUT2D eigenvalue weighted by atomic mass is 16.6. The summed E-state index contributed by atoms with van der Waals surface area (Å²) in [6.07, 6.45) is 0. The van der Waals surface area contributed by atoms with Gasteiger partial charge in [-0.3, -0.25) is 19.6 Å². The fourth-order valence-corrected chi connectivity index (χ4v) is 2.63. The lowest BCUT2D eigenvalue weighted by Gasteiger charge is -2.17. The molecule has 1 amide bonds. The maximum absolute atomic E-state index is 12.3. The van der Waals surface area contributed by atoms with E-state index < -0.39 is 4.92 Å². The molecule has 0 spiro atoms. The summed E-state index contributed by atoms with van der Waals surface area (Å²) >= 11 is 0. The van der Waals surface area contributed by atoms with Gasteiger partial charge in [-0.25, -0.2) is 0 Å². The number of carbonyl (C=O) groups is 1.